The largest absolute Gasteiger partial charge is 0.489 e. The fraction of sp³-hybridized carbons (Fsp3) is 0.273. The van der Waals surface area contributed by atoms with Crippen molar-refractivity contribution < 1.29 is 4.74 Å². The molecule has 1 aliphatic rings. The number of benzene rings is 2. The van der Waals surface area contributed by atoms with E-state index in [0.717, 1.165) is 28.5 Å². The molecule has 0 amide bonds. The third-order valence-corrected chi connectivity index (χ3v) is 4.74. The lowest BCUT2D eigenvalue weighted by atomic mass is 10.1. The molecule has 2 aromatic carbocycles. The zero-order valence-electron chi connectivity index (χ0n) is 14.8. The summed E-state index contributed by atoms with van der Waals surface area (Å²) in [5, 5.41) is 3.45. The van der Waals surface area contributed by atoms with Gasteiger partial charge in [0, 0.05) is 17.8 Å². The van der Waals surface area contributed by atoms with E-state index in [-0.39, 0.29) is 0 Å². The Kier molecular flexibility index (Phi) is 5.10. The zero-order chi connectivity index (χ0) is 17.6. The second kappa shape index (κ2) is 8.00. The van der Waals surface area contributed by atoms with Gasteiger partial charge in [0.15, 0.2) is 0 Å². The Morgan fingerprint density at radius 1 is 0.923 bits per heavy atom. The standard InChI is InChI=1S/C22H23N3O/c1-2-6-17(7-3-1)16-26-20-12-10-18(11-13-20)21-14-15-23-22(25-21)24-19-8-4-5-9-19/h1-3,6-7,10-15,19H,4-5,8-9,16H2,(H,23,24,25). The van der Waals surface area contributed by atoms with Gasteiger partial charge in [-0.1, -0.05) is 43.2 Å². The van der Waals surface area contributed by atoms with Gasteiger partial charge in [-0.15, -0.1) is 0 Å². The third-order valence-electron chi connectivity index (χ3n) is 4.74. The first-order chi connectivity index (χ1) is 12.9. The minimum atomic E-state index is 0.513. The van der Waals surface area contributed by atoms with E-state index in [0.29, 0.717) is 12.6 Å². The van der Waals surface area contributed by atoms with Crippen LogP contribution in [0.2, 0.25) is 0 Å². The topological polar surface area (TPSA) is 47.0 Å². The molecule has 4 rings (SSSR count). The van der Waals surface area contributed by atoms with E-state index in [1.54, 1.807) is 0 Å². The molecule has 1 saturated carbocycles. The minimum absolute atomic E-state index is 0.513. The van der Waals surface area contributed by atoms with E-state index in [9.17, 15) is 0 Å². The monoisotopic (exact) mass is 345 g/mol. The van der Waals surface area contributed by atoms with Crippen LogP contribution in [0.3, 0.4) is 0 Å². The van der Waals surface area contributed by atoms with Crippen molar-refractivity contribution in [1.29, 1.82) is 0 Å². The molecule has 4 nitrogen and oxygen atoms in total. The molecule has 132 valence electrons. The maximum Gasteiger partial charge on any atom is 0.223 e. The van der Waals surface area contributed by atoms with E-state index in [2.05, 4.69) is 27.4 Å². The molecule has 1 heterocycles. The van der Waals surface area contributed by atoms with Gasteiger partial charge in [0.25, 0.3) is 0 Å². The first-order valence-electron chi connectivity index (χ1n) is 9.23. The van der Waals surface area contributed by atoms with Crippen molar-refractivity contribution in [3.63, 3.8) is 0 Å². The molecule has 4 heteroatoms. The lowest BCUT2D eigenvalue weighted by Gasteiger charge is -2.12. The Hall–Kier alpha value is -2.88. The fourth-order valence-corrected chi connectivity index (χ4v) is 3.30. The first kappa shape index (κ1) is 16.6. The van der Waals surface area contributed by atoms with E-state index >= 15 is 0 Å². The Morgan fingerprint density at radius 2 is 1.69 bits per heavy atom. The summed E-state index contributed by atoms with van der Waals surface area (Å²) in [5.74, 6) is 1.58. The van der Waals surface area contributed by atoms with Gasteiger partial charge in [0.05, 0.1) is 5.69 Å². The average Bonchev–Trinajstić information content (AvgIpc) is 3.21. The maximum atomic E-state index is 5.85. The lowest BCUT2D eigenvalue weighted by molar-refractivity contribution is 0.306. The number of nitrogens with zero attached hydrogens (tertiary/aromatic N) is 2. The van der Waals surface area contributed by atoms with Crippen molar-refractivity contribution in [2.24, 2.45) is 0 Å². The Bertz CT molecular complexity index is 828. The quantitative estimate of drug-likeness (QED) is 0.677. The second-order valence-electron chi connectivity index (χ2n) is 6.69. The van der Waals surface area contributed by atoms with Crippen LogP contribution in [0.1, 0.15) is 31.2 Å². The molecule has 1 N–H and O–H groups in total. The van der Waals surface area contributed by atoms with Gasteiger partial charge < -0.3 is 10.1 Å². The number of aromatic nitrogens is 2. The van der Waals surface area contributed by atoms with Crippen molar-refractivity contribution >= 4 is 5.95 Å². The SMILES string of the molecule is c1ccc(COc2ccc(-c3ccnc(NC4CCCC4)n3)cc2)cc1. The number of rotatable bonds is 6. The van der Waals surface area contributed by atoms with Crippen molar-refractivity contribution in [2.75, 3.05) is 5.32 Å². The van der Waals surface area contributed by atoms with Crippen LogP contribution in [-0.4, -0.2) is 16.0 Å². The molecule has 0 radical (unpaired) electrons. The van der Waals surface area contributed by atoms with Crippen molar-refractivity contribution in [3.8, 4) is 17.0 Å². The van der Waals surface area contributed by atoms with Crippen LogP contribution >= 0.6 is 0 Å². The molecular weight excluding hydrogens is 322 g/mol. The summed E-state index contributed by atoms with van der Waals surface area (Å²) in [6.07, 6.45) is 6.82. The van der Waals surface area contributed by atoms with Gasteiger partial charge in [-0.2, -0.15) is 0 Å². The number of ether oxygens (including phenoxy) is 1. The molecular formula is C22H23N3O. The summed E-state index contributed by atoms with van der Waals surface area (Å²) in [4.78, 5) is 9.03. The fourth-order valence-electron chi connectivity index (χ4n) is 3.30. The molecule has 0 saturated heterocycles. The van der Waals surface area contributed by atoms with Gasteiger partial charge in [0.2, 0.25) is 5.95 Å². The molecule has 1 aromatic heterocycles. The molecule has 0 atom stereocenters. The van der Waals surface area contributed by atoms with Crippen LogP contribution < -0.4 is 10.1 Å². The first-order valence-corrected chi connectivity index (χ1v) is 9.23. The summed E-state index contributed by atoms with van der Waals surface area (Å²) in [6.45, 7) is 0.573. The molecule has 26 heavy (non-hydrogen) atoms. The predicted octanol–water partition coefficient (Wildman–Crippen LogP) is 5.08. The molecule has 0 unspecified atom stereocenters. The van der Waals surface area contributed by atoms with Crippen LogP contribution in [0.5, 0.6) is 5.75 Å². The van der Waals surface area contributed by atoms with Crippen molar-refractivity contribution in [2.45, 2.75) is 38.3 Å². The number of anilines is 1. The molecule has 0 aliphatic heterocycles. The van der Waals surface area contributed by atoms with Crippen LogP contribution in [-0.2, 0) is 6.61 Å². The normalized spacial score (nSPS) is 14.3. The lowest BCUT2D eigenvalue weighted by Crippen LogP contribution is -2.16. The van der Waals surface area contributed by atoms with Gasteiger partial charge in [-0.25, -0.2) is 9.97 Å². The minimum Gasteiger partial charge on any atom is -0.489 e. The van der Waals surface area contributed by atoms with E-state index < -0.39 is 0 Å². The average molecular weight is 345 g/mol. The highest BCUT2D eigenvalue weighted by atomic mass is 16.5. The van der Waals surface area contributed by atoms with Crippen LogP contribution in [0, 0.1) is 0 Å². The third kappa shape index (κ3) is 4.20. The summed E-state index contributed by atoms with van der Waals surface area (Å²) in [7, 11) is 0. The van der Waals surface area contributed by atoms with Gasteiger partial charge in [0.1, 0.15) is 12.4 Å². The summed E-state index contributed by atoms with van der Waals surface area (Å²) in [5.41, 5.74) is 3.15. The highest BCUT2D eigenvalue weighted by molar-refractivity contribution is 5.61. The van der Waals surface area contributed by atoms with Gasteiger partial charge in [-0.05, 0) is 48.7 Å². The molecule has 0 spiro atoms. The number of nitrogens with one attached hydrogen (secondary N) is 1. The molecule has 1 fully saturated rings. The number of hydrogen-bond donors (Lipinski definition) is 1. The Balaban J connectivity index is 1.41. The highest BCUT2D eigenvalue weighted by Crippen LogP contribution is 2.24. The van der Waals surface area contributed by atoms with Gasteiger partial charge in [-0.3, -0.25) is 0 Å². The molecule has 1 aliphatic carbocycles. The maximum absolute atomic E-state index is 5.85. The van der Waals surface area contributed by atoms with E-state index in [4.69, 9.17) is 4.74 Å². The Labute approximate surface area is 154 Å². The summed E-state index contributed by atoms with van der Waals surface area (Å²) >= 11 is 0. The summed E-state index contributed by atoms with van der Waals surface area (Å²) < 4.78 is 5.85. The van der Waals surface area contributed by atoms with E-state index in [1.165, 1.54) is 25.7 Å². The van der Waals surface area contributed by atoms with Crippen LogP contribution in [0.4, 0.5) is 5.95 Å². The van der Waals surface area contributed by atoms with Gasteiger partial charge >= 0.3 is 0 Å². The highest BCUT2D eigenvalue weighted by Gasteiger charge is 2.15. The summed E-state index contributed by atoms with van der Waals surface area (Å²) in [6, 6.07) is 20.7. The Morgan fingerprint density at radius 3 is 2.46 bits per heavy atom. The van der Waals surface area contributed by atoms with E-state index in [1.807, 2.05) is 54.7 Å². The smallest absolute Gasteiger partial charge is 0.223 e. The van der Waals surface area contributed by atoms with Crippen LogP contribution in [0.15, 0.2) is 66.9 Å². The second-order valence-corrected chi connectivity index (χ2v) is 6.69. The predicted molar refractivity (Wildman–Crippen MR) is 104 cm³/mol. The van der Waals surface area contributed by atoms with Crippen LogP contribution in [0.25, 0.3) is 11.3 Å². The molecule has 3 aromatic rings. The van der Waals surface area contributed by atoms with Crippen molar-refractivity contribution in [1.82, 2.24) is 9.97 Å². The number of hydrogen-bond acceptors (Lipinski definition) is 4. The zero-order valence-corrected chi connectivity index (χ0v) is 14.8. The van der Waals surface area contributed by atoms with Crippen molar-refractivity contribution in [3.05, 3.63) is 72.4 Å². The molecule has 0 bridgehead atoms.